The summed E-state index contributed by atoms with van der Waals surface area (Å²) in [6, 6.07) is 6.65. The summed E-state index contributed by atoms with van der Waals surface area (Å²) in [5, 5.41) is 7.35. The molecular weight excluding hydrogens is 304 g/mol. The van der Waals surface area contributed by atoms with Gasteiger partial charge in [-0.05, 0) is 51.9 Å². The molecule has 2 aromatic heterocycles. The van der Waals surface area contributed by atoms with Crippen molar-refractivity contribution in [2.75, 3.05) is 37.4 Å². The number of amides is 1. The highest BCUT2D eigenvalue weighted by Gasteiger charge is 2.30. The molecule has 0 aromatic carbocycles. The lowest BCUT2D eigenvalue weighted by Crippen LogP contribution is -2.42. The fraction of sp³-hybridized carbons (Fsp3) is 0.588. The van der Waals surface area contributed by atoms with E-state index in [2.05, 4.69) is 45.4 Å². The molecule has 3 heterocycles. The van der Waals surface area contributed by atoms with Gasteiger partial charge < -0.3 is 9.80 Å². The van der Waals surface area contributed by atoms with Crippen LogP contribution in [-0.2, 0) is 4.79 Å². The Morgan fingerprint density at radius 1 is 1.21 bits per heavy atom. The molecule has 0 atom stereocenters. The topological polar surface area (TPSA) is 65.8 Å². The first-order valence-corrected chi connectivity index (χ1v) is 8.70. The van der Waals surface area contributed by atoms with Crippen molar-refractivity contribution in [2.24, 2.45) is 5.92 Å². The number of anilines is 2. The van der Waals surface area contributed by atoms with Crippen LogP contribution in [0.5, 0.6) is 0 Å². The van der Waals surface area contributed by atoms with Crippen LogP contribution in [0.3, 0.4) is 0 Å². The zero-order chi connectivity index (χ0) is 16.7. The molecule has 7 heteroatoms. The summed E-state index contributed by atoms with van der Waals surface area (Å²) in [5.41, 5.74) is 0.772. The van der Waals surface area contributed by atoms with Gasteiger partial charge in [-0.15, -0.1) is 5.10 Å². The van der Waals surface area contributed by atoms with Gasteiger partial charge in [-0.1, -0.05) is 6.07 Å². The molecule has 0 unspecified atom stereocenters. The summed E-state index contributed by atoms with van der Waals surface area (Å²) in [5.74, 6) is 1.65. The maximum Gasteiger partial charge on any atom is 0.249 e. The standard InChI is InChI=1S/C17H24N6O/c1-21(2)13-8-10-22(11-9-13)15-5-3-4-14-18-17(20-23(14)15)19-16(24)12-6-7-12/h3-5,12-13H,6-11H2,1-2H3,(H,19,20,24). The SMILES string of the molecule is CN(C)C1CCN(c2cccc3nc(NC(=O)C4CC4)nn23)CC1. The van der Waals surface area contributed by atoms with Crippen LogP contribution in [0, 0.1) is 5.92 Å². The number of carbonyl (C=O) groups excluding carboxylic acids is 1. The average molecular weight is 328 g/mol. The van der Waals surface area contributed by atoms with Gasteiger partial charge in [0.25, 0.3) is 0 Å². The van der Waals surface area contributed by atoms with Crippen LogP contribution in [0.1, 0.15) is 25.7 Å². The van der Waals surface area contributed by atoms with E-state index in [4.69, 9.17) is 0 Å². The van der Waals surface area contributed by atoms with Gasteiger partial charge >= 0.3 is 0 Å². The number of carbonyl (C=O) groups is 1. The second-order valence-electron chi connectivity index (χ2n) is 7.03. The van der Waals surface area contributed by atoms with Crippen LogP contribution >= 0.6 is 0 Å². The van der Waals surface area contributed by atoms with Crippen LogP contribution in [0.2, 0.25) is 0 Å². The number of rotatable bonds is 4. The quantitative estimate of drug-likeness (QED) is 0.924. The number of nitrogens with zero attached hydrogens (tertiary/aromatic N) is 5. The minimum absolute atomic E-state index is 0.0410. The van der Waals surface area contributed by atoms with E-state index in [9.17, 15) is 4.79 Å². The summed E-state index contributed by atoms with van der Waals surface area (Å²) in [4.78, 5) is 21.0. The second kappa shape index (κ2) is 6.05. The Kier molecular flexibility index (Phi) is 3.88. The van der Waals surface area contributed by atoms with Crippen molar-refractivity contribution < 1.29 is 4.79 Å². The van der Waals surface area contributed by atoms with E-state index in [-0.39, 0.29) is 11.8 Å². The minimum atomic E-state index is 0.0410. The van der Waals surface area contributed by atoms with E-state index in [0.717, 1.165) is 50.2 Å². The van der Waals surface area contributed by atoms with Gasteiger partial charge in [0.2, 0.25) is 11.9 Å². The third-order valence-corrected chi connectivity index (χ3v) is 5.04. The van der Waals surface area contributed by atoms with E-state index in [1.54, 1.807) is 0 Å². The number of nitrogens with one attached hydrogen (secondary N) is 1. The lowest BCUT2D eigenvalue weighted by atomic mass is 10.0. The predicted octanol–water partition coefficient (Wildman–Crippen LogP) is 1.61. The van der Waals surface area contributed by atoms with E-state index < -0.39 is 0 Å². The Morgan fingerprint density at radius 2 is 1.96 bits per heavy atom. The molecule has 1 saturated heterocycles. The molecule has 1 aliphatic heterocycles. The van der Waals surface area contributed by atoms with Crippen molar-refractivity contribution in [3.63, 3.8) is 0 Å². The molecule has 2 aliphatic rings. The van der Waals surface area contributed by atoms with Crippen LogP contribution in [-0.4, -0.2) is 58.6 Å². The number of hydrogen-bond acceptors (Lipinski definition) is 5. The Hall–Kier alpha value is -2.15. The maximum atomic E-state index is 11.9. The Morgan fingerprint density at radius 3 is 2.62 bits per heavy atom. The molecule has 7 nitrogen and oxygen atoms in total. The normalized spacial score (nSPS) is 19.2. The molecule has 0 spiro atoms. The van der Waals surface area contributed by atoms with Crippen molar-refractivity contribution in [1.29, 1.82) is 0 Å². The van der Waals surface area contributed by atoms with Crippen LogP contribution in [0.25, 0.3) is 5.65 Å². The molecule has 1 N–H and O–H groups in total. The number of aromatic nitrogens is 3. The molecule has 1 saturated carbocycles. The van der Waals surface area contributed by atoms with Gasteiger partial charge in [-0.3, -0.25) is 10.1 Å². The molecule has 1 aliphatic carbocycles. The first-order valence-electron chi connectivity index (χ1n) is 8.70. The number of piperidine rings is 1. The second-order valence-corrected chi connectivity index (χ2v) is 7.03. The highest BCUT2D eigenvalue weighted by Crippen LogP contribution is 2.30. The summed E-state index contributed by atoms with van der Waals surface area (Å²) in [6.07, 6.45) is 4.24. The van der Waals surface area contributed by atoms with Crippen molar-refractivity contribution in [2.45, 2.75) is 31.7 Å². The Balaban J connectivity index is 1.55. The fourth-order valence-electron chi connectivity index (χ4n) is 3.35. The van der Waals surface area contributed by atoms with Gasteiger partial charge in [0.05, 0.1) is 0 Å². The summed E-state index contributed by atoms with van der Waals surface area (Å²) >= 11 is 0. The summed E-state index contributed by atoms with van der Waals surface area (Å²) in [6.45, 7) is 2.01. The zero-order valence-electron chi connectivity index (χ0n) is 14.3. The largest absolute Gasteiger partial charge is 0.356 e. The average Bonchev–Trinajstić information content (AvgIpc) is 3.35. The molecule has 4 rings (SSSR count). The number of hydrogen-bond donors (Lipinski definition) is 1. The molecule has 128 valence electrons. The first kappa shape index (κ1) is 15.4. The fourth-order valence-corrected chi connectivity index (χ4v) is 3.35. The van der Waals surface area contributed by atoms with Crippen LogP contribution < -0.4 is 10.2 Å². The number of fused-ring (bicyclic) bond motifs is 1. The van der Waals surface area contributed by atoms with Gasteiger partial charge in [0.15, 0.2) is 5.65 Å². The highest BCUT2D eigenvalue weighted by molar-refractivity contribution is 5.92. The van der Waals surface area contributed by atoms with E-state index in [0.29, 0.717) is 12.0 Å². The monoisotopic (exact) mass is 328 g/mol. The number of pyridine rings is 1. The first-order chi connectivity index (χ1) is 11.6. The maximum absolute atomic E-state index is 11.9. The summed E-state index contributed by atoms with van der Waals surface area (Å²) < 4.78 is 1.85. The highest BCUT2D eigenvalue weighted by atomic mass is 16.2. The van der Waals surface area contributed by atoms with E-state index >= 15 is 0 Å². The predicted molar refractivity (Wildman–Crippen MR) is 93.3 cm³/mol. The lowest BCUT2D eigenvalue weighted by Gasteiger charge is -2.36. The van der Waals surface area contributed by atoms with Crippen LogP contribution in [0.15, 0.2) is 18.2 Å². The molecule has 0 radical (unpaired) electrons. The van der Waals surface area contributed by atoms with E-state index in [1.807, 2.05) is 16.6 Å². The van der Waals surface area contributed by atoms with E-state index in [1.165, 1.54) is 0 Å². The smallest absolute Gasteiger partial charge is 0.249 e. The lowest BCUT2D eigenvalue weighted by molar-refractivity contribution is -0.117. The minimum Gasteiger partial charge on any atom is -0.356 e. The molecule has 0 bridgehead atoms. The van der Waals surface area contributed by atoms with Gasteiger partial charge in [0.1, 0.15) is 5.82 Å². The van der Waals surface area contributed by atoms with Crippen molar-refractivity contribution in [3.8, 4) is 0 Å². The van der Waals surface area contributed by atoms with Crippen molar-refractivity contribution in [1.82, 2.24) is 19.5 Å². The van der Waals surface area contributed by atoms with Crippen LogP contribution in [0.4, 0.5) is 11.8 Å². The zero-order valence-corrected chi connectivity index (χ0v) is 14.3. The third-order valence-electron chi connectivity index (χ3n) is 5.04. The Labute approximate surface area is 141 Å². The van der Waals surface area contributed by atoms with Crippen molar-refractivity contribution in [3.05, 3.63) is 18.2 Å². The third kappa shape index (κ3) is 2.96. The van der Waals surface area contributed by atoms with Gasteiger partial charge in [-0.2, -0.15) is 9.50 Å². The Bertz CT molecular complexity index is 743. The molecule has 2 aromatic rings. The molecule has 1 amide bonds. The van der Waals surface area contributed by atoms with Gasteiger partial charge in [0, 0.05) is 25.0 Å². The molecular formula is C17H24N6O. The van der Waals surface area contributed by atoms with Gasteiger partial charge in [-0.25, -0.2) is 0 Å². The molecule has 2 fully saturated rings. The molecule has 24 heavy (non-hydrogen) atoms. The van der Waals surface area contributed by atoms with Crippen molar-refractivity contribution >= 4 is 23.3 Å². The summed E-state index contributed by atoms with van der Waals surface area (Å²) in [7, 11) is 4.29.